The number of anilines is 2. The molecule has 1 fully saturated rings. The summed E-state index contributed by atoms with van der Waals surface area (Å²) in [6.07, 6.45) is 5.92. The van der Waals surface area contributed by atoms with Crippen LogP contribution in [0.25, 0.3) is 0 Å². The molecule has 0 radical (unpaired) electrons. The molecule has 0 aromatic carbocycles. The molecule has 0 saturated heterocycles. The summed E-state index contributed by atoms with van der Waals surface area (Å²) in [4.78, 5) is 17.7. The van der Waals surface area contributed by atoms with Gasteiger partial charge in [0.2, 0.25) is 11.2 Å². The number of hydrogen-bond donors (Lipinski definition) is 0. The van der Waals surface area contributed by atoms with E-state index in [2.05, 4.69) is 26.7 Å². The van der Waals surface area contributed by atoms with Crippen LogP contribution < -0.4 is 9.80 Å². The zero-order chi connectivity index (χ0) is 15.5. The molecule has 0 N–H and O–H groups in total. The molecule has 4 rings (SSSR count). The number of halogens is 1. The Hall–Kier alpha value is -1.40. The highest BCUT2D eigenvalue weighted by Crippen LogP contribution is 2.49. The van der Waals surface area contributed by atoms with Crippen molar-refractivity contribution in [1.29, 1.82) is 0 Å². The number of hydrogen-bond acceptors (Lipinski definition) is 6. The van der Waals surface area contributed by atoms with Crippen LogP contribution in [-0.4, -0.2) is 47.8 Å². The zero-order valence-corrected chi connectivity index (χ0v) is 13.9. The lowest BCUT2D eigenvalue weighted by molar-refractivity contribution is -0.0359. The molecule has 1 spiro atoms. The first kappa shape index (κ1) is 14.2. The number of fused-ring (bicyclic) bond motifs is 4. The van der Waals surface area contributed by atoms with Gasteiger partial charge in [0.1, 0.15) is 5.69 Å². The number of rotatable bonds is 1. The predicted octanol–water partition coefficient (Wildman–Crippen LogP) is 2.47. The van der Waals surface area contributed by atoms with Gasteiger partial charge in [0.05, 0.1) is 23.9 Å². The van der Waals surface area contributed by atoms with E-state index in [0.717, 1.165) is 49.7 Å². The SMILES string of the molecule is COC1(C)CCC2(CC1)CN=C1N(C)c3cnc(Cl)nc3N12. The van der Waals surface area contributed by atoms with Crippen LogP contribution in [0.1, 0.15) is 32.6 Å². The van der Waals surface area contributed by atoms with E-state index in [1.54, 1.807) is 13.3 Å². The van der Waals surface area contributed by atoms with Crippen molar-refractivity contribution < 1.29 is 4.74 Å². The maximum absolute atomic E-state index is 6.03. The van der Waals surface area contributed by atoms with Gasteiger partial charge in [-0.25, -0.2) is 9.98 Å². The predicted molar refractivity (Wildman–Crippen MR) is 86.8 cm³/mol. The molecule has 3 heterocycles. The Morgan fingerprint density at radius 3 is 2.68 bits per heavy atom. The number of methoxy groups -OCH3 is 1. The number of ether oxygens (including phenoxy) is 1. The Bertz CT molecular complexity index is 653. The van der Waals surface area contributed by atoms with Gasteiger partial charge in [-0.05, 0) is 44.2 Å². The summed E-state index contributed by atoms with van der Waals surface area (Å²) in [5.41, 5.74) is 0.957. The van der Waals surface area contributed by atoms with Crippen molar-refractivity contribution in [3.8, 4) is 0 Å². The summed E-state index contributed by atoms with van der Waals surface area (Å²) in [6.45, 7) is 3.01. The van der Waals surface area contributed by atoms with Gasteiger partial charge in [-0.1, -0.05) is 0 Å². The van der Waals surface area contributed by atoms with E-state index >= 15 is 0 Å². The Morgan fingerprint density at radius 1 is 1.27 bits per heavy atom. The number of aliphatic imine (C=N–C) groups is 1. The van der Waals surface area contributed by atoms with Crippen LogP contribution in [0, 0.1) is 0 Å². The van der Waals surface area contributed by atoms with Crippen LogP contribution in [-0.2, 0) is 4.74 Å². The first-order chi connectivity index (χ1) is 10.5. The van der Waals surface area contributed by atoms with Crippen LogP contribution in [0.5, 0.6) is 0 Å². The molecular weight excluding hydrogens is 302 g/mol. The van der Waals surface area contributed by atoms with E-state index in [1.165, 1.54) is 0 Å². The van der Waals surface area contributed by atoms with Gasteiger partial charge in [0.25, 0.3) is 0 Å². The standard InChI is InChI=1S/C15H20ClN5O/c1-14(22-3)4-6-15(7-5-14)9-18-13-20(2)10-8-17-12(16)19-11(10)21(13)15/h8H,4-7,9H2,1-3H3. The zero-order valence-electron chi connectivity index (χ0n) is 13.1. The molecule has 1 saturated carbocycles. The average Bonchev–Trinajstić information content (AvgIpc) is 3.01. The quantitative estimate of drug-likeness (QED) is 0.744. The molecule has 118 valence electrons. The lowest BCUT2D eigenvalue weighted by atomic mass is 9.74. The van der Waals surface area contributed by atoms with Crippen molar-refractivity contribution in [3.05, 3.63) is 11.5 Å². The third-order valence-electron chi connectivity index (χ3n) is 5.51. The fraction of sp³-hybridized carbons (Fsp3) is 0.667. The largest absolute Gasteiger partial charge is 0.379 e. The van der Waals surface area contributed by atoms with Gasteiger partial charge in [-0.3, -0.25) is 4.90 Å². The number of aromatic nitrogens is 2. The molecule has 1 aromatic rings. The van der Waals surface area contributed by atoms with Gasteiger partial charge >= 0.3 is 0 Å². The van der Waals surface area contributed by atoms with E-state index in [1.807, 2.05) is 7.05 Å². The van der Waals surface area contributed by atoms with Crippen LogP contribution in [0.3, 0.4) is 0 Å². The second-order valence-corrected chi connectivity index (χ2v) is 7.07. The summed E-state index contributed by atoms with van der Waals surface area (Å²) < 4.78 is 5.69. The van der Waals surface area contributed by atoms with Crippen LogP contribution >= 0.6 is 11.6 Å². The maximum atomic E-state index is 6.03. The molecular formula is C15H20ClN5O. The molecule has 6 nitrogen and oxygen atoms in total. The molecule has 0 bridgehead atoms. The second kappa shape index (κ2) is 4.55. The Balaban J connectivity index is 1.72. The van der Waals surface area contributed by atoms with Gasteiger partial charge in [0, 0.05) is 14.2 Å². The van der Waals surface area contributed by atoms with Crippen molar-refractivity contribution in [2.45, 2.75) is 43.7 Å². The number of guanidine groups is 1. The van der Waals surface area contributed by atoms with Crippen molar-refractivity contribution in [2.75, 3.05) is 30.5 Å². The highest BCUT2D eigenvalue weighted by atomic mass is 35.5. The van der Waals surface area contributed by atoms with Crippen LogP contribution in [0.15, 0.2) is 11.2 Å². The Kier molecular flexibility index (Phi) is 2.94. The average molecular weight is 322 g/mol. The monoisotopic (exact) mass is 321 g/mol. The minimum absolute atomic E-state index is 0.00453. The minimum atomic E-state index is -0.0220. The molecule has 0 atom stereocenters. The van der Waals surface area contributed by atoms with Gasteiger partial charge in [-0.2, -0.15) is 4.98 Å². The van der Waals surface area contributed by atoms with Crippen molar-refractivity contribution in [3.63, 3.8) is 0 Å². The molecule has 0 unspecified atom stereocenters. The topological polar surface area (TPSA) is 53.9 Å². The summed E-state index contributed by atoms with van der Waals surface area (Å²) in [6, 6.07) is 0. The van der Waals surface area contributed by atoms with Gasteiger partial charge < -0.3 is 9.64 Å². The van der Waals surface area contributed by atoms with Crippen LogP contribution in [0.2, 0.25) is 5.28 Å². The van der Waals surface area contributed by atoms with E-state index in [4.69, 9.17) is 21.3 Å². The molecule has 0 amide bonds. The third-order valence-corrected chi connectivity index (χ3v) is 5.70. The fourth-order valence-electron chi connectivity index (χ4n) is 3.83. The first-order valence-corrected chi connectivity index (χ1v) is 8.02. The lowest BCUT2D eigenvalue weighted by Gasteiger charge is -2.45. The number of nitrogens with zero attached hydrogens (tertiary/aromatic N) is 5. The molecule has 2 aliphatic heterocycles. The minimum Gasteiger partial charge on any atom is -0.379 e. The molecule has 7 heteroatoms. The van der Waals surface area contributed by atoms with E-state index in [-0.39, 0.29) is 16.4 Å². The highest BCUT2D eigenvalue weighted by molar-refractivity contribution is 6.28. The second-order valence-electron chi connectivity index (χ2n) is 6.74. The van der Waals surface area contributed by atoms with Crippen LogP contribution in [0.4, 0.5) is 11.5 Å². The van der Waals surface area contributed by atoms with E-state index in [9.17, 15) is 0 Å². The fourth-order valence-corrected chi connectivity index (χ4v) is 3.96. The van der Waals surface area contributed by atoms with Crippen molar-refractivity contribution in [2.24, 2.45) is 4.99 Å². The molecule has 1 aliphatic carbocycles. The summed E-state index contributed by atoms with van der Waals surface area (Å²) >= 11 is 6.03. The first-order valence-electron chi connectivity index (χ1n) is 7.64. The van der Waals surface area contributed by atoms with E-state index in [0.29, 0.717) is 0 Å². The summed E-state index contributed by atoms with van der Waals surface area (Å²) in [5, 5.41) is 0.285. The van der Waals surface area contributed by atoms with E-state index < -0.39 is 0 Å². The van der Waals surface area contributed by atoms with Crippen molar-refractivity contribution >= 4 is 29.1 Å². The van der Waals surface area contributed by atoms with Crippen molar-refractivity contribution in [1.82, 2.24) is 9.97 Å². The molecule has 22 heavy (non-hydrogen) atoms. The highest BCUT2D eigenvalue weighted by Gasteiger charge is 2.53. The smallest absolute Gasteiger partial charge is 0.224 e. The summed E-state index contributed by atoms with van der Waals surface area (Å²) in [7, 11) is 3.82. The lowest BCUT2D eigenvalue weighted by Crippen LogP contribution is -2.55. The maximum Gasteiger partial charge on any atom is 0.224 e. The third kappa shape index (κ3) is 1.80. The molecule has 1 aromatic heterocycles. The van der Waals surface area contributed by atoms with Gasteiger partial charge in [0.15, 0.2) is 5.82 Å². The summed E-state index contributed by atoms with van der Waals surface area (Å²) in [5.74, 6) is 1.85. The Morgan fingerprint density at radius 2 is 2.00 bits per heavy atom. The normalized spacial score (nSPS) is 33.2. The molecule has 3 aliphatic rings. The van der Waals surface area contributed by atoms with Gasteiger partial charge in [-0.15, -0.1) is 0 Å². The Labute approximate surface area is 135 Å².